The van der Waals surface area contributed by atoms with Crippen molar-refractivity contribution in [2.24, 2.45) is 0 Å². The van der Waals surface area contributed by atoms with Crippen LogP contribution in [0.2, 0.25) is 0 Å². The molecule has 0 aliphatic heterocycles. The summed E-state index contributed by atoms with van der Waals surface area (Å²) in [4.78, 5) is 0. The van der Waals surface area contributed by atoms with Gasteiger partial charge >= 0.3 is 0 Å². The Morgan fingerprint density at radius 1 is 0.818 bits per heavy atom. The van der Waals surface area contributed by atoms with Crippen LogP contribution in [0, 0.1) is 34.1 Å². The van der Waals surface area contributed by atoms with Crippen molar-refractivity contribution in [2.75, 3.05) is 0 Å². The largest absolute Gasteiger partial charge is 0.0651 e. The van der Waals surface area contributed by atoms with E-state index < -0.39 is 0 Å². The lowest BCUT2D eigenvalue weighted by atomic mass is 9.90. The van der Waals surface area contributed by atoms with Gasteiger partial charge in [-0.05, 0) is 84.2 Å². The SMILES string of the molecule is CCCC1=C(c2ccc(C)c(C)c2C)[CH]c2cccc(C)c21. The molecule has 0 heteroatoms. The molecule has 0 N–H and O–H groups in total. The zero-order chi connectivity index (χ0) is 15.9. The Balaban J connectivity index is 2.22. The summed E-state index contributed by atoms with van der Waals surface area (Å²) >= 11 is 0. The zero-order valence-corrected chi connectivity index (χ0v) is 14.4. The molecule has 113 valence electrons. The Kier molecular flexibility index (Phi) is 3.95. The third-order valence-electron chi connectivity index (χ3n) is 5.08. The van der Waals surface area contributed by atoms with Crippen LogP contribution in [0.25, 0.3) is 11.1 Å². The molecule has 1 radical (unpaired) electrons. The molecular formula is C22H25. The highest BCUT2D eigenvalue weighted by Gasteiger charge is 2.24. The van der Waals surface area contributed by atoms with E-state index in [0.717, 1.165) is 6.42 Å². The van der Waals surface area contributed by atoms with Gasteiger partial charge in [-0.15, -0.1) is 0 Å². The Morgan fingerprint density at radius 2 is 1.59 bits per heavy atom. The van der Waals surface area contributed by atoms with Crippen LogP contribution in [0.4, 0.5) is 0 Å². The lowest BCUT2D eigenvalue weighted by Crippen LogP contribution is -1.95. The number of fused-ring (bicyclic) bond motifs is 1. The molecule has 0 aromatic heterocycles. The van der Waals surface area contributed by atoms with Gasteiger partial charge in [0.15, 0.2) is 0 Å². The fraction of sp³-hybridized carbons (Fsp3) is 0.318. The number of hydrogen-bond acceptors (Lipinski definition) is 0. The topological polar surface area (TPSA) is 0 Å². The predicted molar refractivity (Wildman–Crippen MR) is 97.0 cm³/mol. The molecule has 0 amide bonds. The molecule has 1 aliphatic rings. The number of allylic oxidation sites excluding steroid dienone is 2. The van der Waals surface area contributed by atoms with Gasteiger partial charge in [0.25, 0.3) is 0 Å². The standard InChI is InChI=1S/C22H25/c1-6-8-20-21(13-18-10-7-9-15(3)22(18)20)19-12-11-14(2)16(4)17(19)5/h7,9-13H,6,8H2,1-5H3. The quantitative estimate of drug-likeness (QED) is 0.631. The molecule has 0 spiro atoms. The van der Waals surface area contributed by atoms with Crippen molar-refractivity contribution in [1.29, 1.82) is 0 Å². The first-order chi connectivity index (χ1) is 10.5. The lowest BCUT2D eigenvalue weighted by Gasteiger charge is -2.15. The zero-order valence-electron chi connectivity index (χ0n) is 14.4. The van der Waals surface area contributed by atoms with E-state index in [-0.39, 0.29) is 0 Å². The minimum Gasteiger partial charge on any atom is -0.0651 e. The molecule has 0 saturated carbocycles. The van der Waals surface area contributed by atoms with Gasteiger partial charge in [-0.3, -0.25) is 0 Å². The summed E-state index contributed by atoms with van der Waals surface area (Å²) in [6.07, 6.45) is 4.73. The second-order valence-electron chi connectivity index (χ2n) is 6.51. The summed E-state index contributed by atoms with van der Waals surface area (Å²) in [5, 5.41) is 0. The fourth-order valence-corrected chi connectivity index (χ4v) is 3.60. The highest BCUT2D eigenvalue weighted by molar-refractivity contribution is 6.03. The van der Waals surface area contributed by atoms with Gasteiger partial charge in [-0.2, -0.15) is 0 Å². The first-order valence-electron chi connectivity index (χ1n) is 8.29. The molecule has 3 rings (SSSR count). The van der Waals surface area contributed by atoms with Crippen LogP contribution in [0.3, 0.4) is 0 Å². The summed E-state index contributed by atoms with van der Waals surface area (Å²) in [6.45, 7) is 11.2. The maximum Gasteiger partial charge on any atom is 0.0214 e. The van der Waals surface area contributed by atoms with E-state index in [2.05, 4.69) is 71.4 Å². The van der Waals surface area contributed by atoms with Gasteiger partial charge in [-0.25, -0.2) is 0 Å². The monoisotopic (exact) mass is 289 g/mol. The van der Waals surface area contributed by atoms with Gasteiger partial charge in [0.1, 0.15) is 0 Å². The number of hydrogen-bond donors (Lipinski definition) is 0. The third-order valence-corrected chi connectivity index (χ3v) is 5.08. The van der Waals surface area contributed by atoms with Crippen LogP contribution in [0.5, 0.6) is 0 Å². The Hall–Kier alpha value is -1.82. The second-order valence-corrected chi connectivity index (χ2v) is 6.51. The highest BCUT2D eigenvalue weighted by atomic mass is 14.3. The van der Waals surface area contributed by atoms with E-state index >= 15 is 0 Å². The molecule has 0 nitrogen and oxygen atoms in total. The van der Waals surface area contributed by atoms with Crippen LogP contribution in [0.15, 0.2) is 30.3 Å². The van der Waals surface area contributed by atoms with Crippen molar-refractivity contribution in [1.82, 2.24) is 0 Å². The molecule has 0 saturated heterocycles. The molecule has 0 unspecified atom stereocenters. The first-order valence-corrected chi connectivity index (χ1v) is 8.29. The second kappa shape index (κ2) is 5.76. The minimum atomic E-state index is 1.15. The average Bonchev–Trinajstić information content (AvgIpc) is 2.85. The van der Waals surface area contributed by atoms with E-state index in [9.17, 15) is 0 Å². The molecule has 0 heterocycles. The fourth-order valence-electron chi connectivity index (χ4n) is 3.60. The van der Waals surface area contributed by atoms with Gasteiger partial charge in [0.2, 0.25) is 0 Å². The normalized spacial score (nSPS) is 13.7. The maximum atomic E-state index is 2.39. The van der Waals surface area contributed by atoms with E-state index in [1.165, 1.54) is 56.5 Å². The highest BCUT2D eigenvalue weighted by Crippen LogP contribution is 2.44. The molecule has 2 aromatic carbocycles. The predicted octanol–water partition coefficient (Wildman–Crippen LogP) is 6.20. The van der Waals surface area contributed by atoms with Gasteiger partial charge in [0.05, 0.1) is 0 Å². The molecule has 1 aliphatic carbocycles. The summed E-state index contributed by atoms with van der Waals surface area (Å²) in [5.74, 6) is 0. The molecule has 0 bridgehead atoms. The molecule has 0 atom stereocenters. The number of aryl methyl sites for hydroxylation is 2. The van der Waals surface area contributed by atoms with Crippen molar-refractivity contribution < 1.29 is 0 Å². The smallest absolute Gasteiger partial charge is 0.0214 e. The van der Waals surface area contributed by atoms with Gasteiger partial charge < -0.3 is 0 Å². The van der Waals surface area contributed by atoms with Crippen LogP contribution >= 0.6 is 0 Å². The van der Waals surface area contributed by atoms with Crippen LogP contribution in [-0.2, 0) is 0 Å². The lowest BCUT2D eigenvalue weighted by molar-refractivity contribution is 0.975. The summed E-state index contributed by atoms with van der Waals surface area (Å²) in [6, 6.07) is 11.2. The first kappa shape index (κ1) is 15.1. The van der Waals surface area contributed by atoms with Crippen molar-refractivity contribution in [2.45, 2.75) is 47.5 Å². The molecular weight excluding hydrogens is 264 g/mol. The molecule has 22 heavy (non-hydrogen) atoms. The Bertz CT molecular complexity index is 760. The number of rotatable bonds is 3. The van der Waals surface area contributed by atoms with Gasteiger partial charge in [0, 0.05) is 6.42 Å². The summed E-state index contributed by atoms with van der Waals surface area (Å²) in [5.41, 5.74) is 12.8. The Labute approximate surface area is 134 Å². The van der Waals surface area contributed by atoms with Crippen LogP contribution in [-0.4, -0.2) is 0 Å². The summed E-state index contributed by atoms with van der Waals surface area (Å²) < 4.78 is 0. The molecule has 2 aromatic rings. The van der Waals surface area contributed by atoms with Crippen molar-refractivity contribution in [3.8, 4) is 0 Å². The average molecular weight is 289 g/mol. The van der Waals surface area contributed by atoms with E-state index in [1.807, 2.05) is 0 Å². The third kappa shape index (κ3) is 2.31. The summed E-state index contributed by atoms with van der Waals surface area (Å²) in [7, 11) is 0. The van der Waals surface area contributed by atoms with Crippen molar-refractivity contribution >= 4 is 11.1 Å². The van der Waals surface area contributed by atoms with E-state index in [0.29, 0.717) is 0 Å². The van der Waals surface area contributed by atoms with E-state index in [4.69, 9.17) is 0 Å². The van der Waals surface area contributed by atoms with E-state index in [1.54, 1.807) is 0 Å². The van der Waals surface area contributed by atoms with Crippen molar-refractivity contribution in [3.63, 3.8) is 0 Å². The van der Waals surface area contributed by atoms with Gasteiger partial charge in [-0.1, -0.05) is 43.7 Å². The molecule has 0 fully saturated rings. The van der Waals surface area contributed by atoms with Crippen LogP contribution < -0.4 is 0 Å². The van der Waals surface area contributed by atoms with Crippen molar-refractivity contribution in [3.05, 3.63) is 75.7 Å². The minimum absolute atomic E-state index is 1.15. The van der Waals surface area contributed by atoms with Crippen LogP contribution in [0.1, 0.15) is 58.7 Å². The maximum absolute atomic E-state index is 2.39. The Morgan fingerprint density at radius 3 is 2.32 bits per heavy atom. The number of benzene rings is 2.